The van der Waals surface area contributed by atoms with Crippen molar-refractivity contribution in [1.29, 1.82) is 0 Å². The second kappa shape index (κ2) is 7.43. The molecule has 2 rings (SSSR count). The van der Waals surface area contributed by atoms with Gasteiger partial charge in [0.05, 0.1) is 23.4 Å². The fourth-order valence-electron chi connectivity index (χ4n) is 2.19. The number of nitrogens with one attached hydrogen (secondary N) is 1. The molecule has 0 spiro atoms. The zero-order valence-corrected chi connectivity index (χ0v) is 13.7. The second-order valence-electron chi connectivity index (χ2n) is 5.24. The molecule has 124 valence electrons. The highest BCUT2D eigenvalue weighted by Gasteiger charge is 2.25. The van der Waals surface area contributed by atoms with E-state index in [-0.39, 0.29) is 16.3 Å². The number of likely N-dealkylation sites (N-methyl/N-ethyl adjacent to an activating group) is 1. The van der Waals surface area contributed by atoms with Gasteiger partial charge in [0.1, 0.15) is 0 Å². The fraction of sp³-hybridized carbons (Fsp3) is 0.400. The summed E-state index contributed by atoms with van der Waals surface area (Å²) < 4.78 is 4.61. The number of piperazine rings is 1. The van der Waals surface area contributed by atoms with Crippen molar-refractivity contribution in [3.8, 4) is 0 Å². The maximum Gasteiger partial charge on any atom is 0.337 e. The quantitative estimate of drug-likeness (QED) is 0.638. The summed E-state index contributed by atoms with van der Waals surface area (Å²) in [5.74, 6) is -1.95. The lowest BCUT2D eigenvalue weighted by Crippen LogP contribution is -2.50. The number of halogens is 1. The van der Waals surface area contributed by atoms with Crippen LogP contribution in [0.5, 0.6) is 0 Å². The van der Waals surface area contributed by atoms with Gasteiger partial charge in [-0.05, 0) is 25.2 Å². The SMILES string of the molecule is COC(=O)c1ccc(Cl)c(NC(=O)C(=O)N2CCN(C)CC2)c1. The molecule has 0 radical (unpaired) electrons. The number of ether oxygens (including phenoxy) is 1. The molecule has 0 saturated carbocycles. The van der Waals surface area contributed by atoms with Crippen LogP contribution >= 0.6 is 11.6 Å². The Hall–Kier alpha value is -2.12. The highest BCUT2D eigenvalue weighted by Crippen LogP contribution is 2.23. The molecule has 8 heteroatoms. The summed E-state index contributed by atoms with van der Waals surface area (Å²) in [6.45, 7) is 2.44. The van der Waals surface area contributed by atoms with Gasteiger partial charge >= 0.3 is 17.8 Å². The Morgan fingerprint density at radius 3 is 2.43 bits per heavy atom. The first-order valence-corrected chi connectivity index (χ1v) is 7.47. The van der Waals surface area contributed by atoms with Crippen LogP contribution in [-0.4, -0.2) is 67.9 Å². The first-order chi connectivity index (χ1) is 10.9. The van der Waals surface area contributed by atoms with Crippen LogP contribution in [0.3, 0.4) is 0 Å². The maximum absolute atomic E-state index is 12.2. The van der Waals surface area contributed by atoms with E-state index in [2.05, 4.69) is 15.0 Å². The predicted molar refractivity (Wildman–Crippen MR) is 85.5 cm³/mol. The minimum absolute atomic E-state index is 0.196. The number of nitrogens with zero attached hydrogens (tertiary/aromatic N) is 2. The number of methoxy groups -OCH3 is 1. The molecule has 0 aliphatic carbocycles. The summed E-state index contributed by atoms with van der Waals surface area (Å²) in [5, 5.41) is 2.69. The van der Waals surface area contributed by atoms with Crippen molar-refractivity contribution in [1.82, 2.24) is 9.80 Å². The zero-order valence-electron chi connectivity index (χ0n) is 13.0. The molecular formula is C15H18ClN3O4. The summed E-state index contributed by atoms with van der Waals surface area (Å²) in [6.07, 6.45) is 0. The van der Waals surface area contributed by atoms with Crippen molar-refractivity contribution >= 4 is 35.1 Å². The summed E-state index contributed by atoms with van der Waals surface area (Å²) in [7, 11) is 3.21. The van der Waals surface area contributed by atoms with Crippen molar-refractivity contribution in [3.05, 3.63) is 28.8 Å². The van der Waals surface area contributed by atoms with E-state index in [1.807, 2.05) is 7.05 Å². The Morgan fingerprint density at radius 1 is 1.17 bits per heavy atom. The third kappa shape index (κ3) is 4.20. The Balaban J connectivity index is 2.07. The number of rotatable bonds is 2. The molecule has 0 aromatic heterocycles. The molecule has 2 amide bonds. The third-order valence-electron chi connectivity index (χ3n) is 3.62. The first-order valence-electron chi connectivity index (χ1n) is 7.09. The highest BCUT2D eigenvalue weighted by atomic mass is 35.5. The minimum atomic E-state index is -0.779. The summed E-state index contributed by atoms with van der Waals surface area (Å²) in [5.41, 5.74) is 0.432. The van der Waals surface area contributed by atoms with Crippen molar-refractivity contribution in [2.24, 2.45) is 0 Å². The van der Waals surface area contributed by atoms with E-state index in [9.17, 15) is 14.4 Å². The van der Waals surface area contributed by atoms with E-state index in [0.29, 0.717) is 13.1 Å². The Kier molecular flexibility index (Phi) is 5.57. The monoisotopic (exact) mass is 339 g/mol. The van der Waals surface area contributed by atoms with Gasteiger partial charge in [0.25, 0.3) is 0 Å². The maximum atomic E-state index is 12.2. The van der Waals surface area contributed by atoms with E-state index in [1.54, 1.807) is 0 Å². The Bertz CT molecular complexity index is 627. The van der Waals surface area contributed by atoms with Gasteiger partial charge in [0.15, 0.2) is 0 Å². The van der Waals surface area contributed by atoms with E-state index in [4.69, 9.17) is 11.6 Å². The molecule has 1 aliphatic heterocycles. The average Bonchev–Trinajstić information content (AvgIpc) is 2.56. The number of esters is 1. The normalized spacial score (nSPS) is 15.2. The molecule has 23 heavy (non-hydrogen) atoms. The van der Waals surface area contributed by atoms with Crippen LogP contribution in [0.2, 0.25) is 5.02 Å². The number of amides is 2. The van der Waals surface area contributed by atoms with Gasteiger partial charge in [-0.25, -0.2) is 4.79 Å². The first kappa shape index (κ1) is 17.2. The summed E-state index contributed by atoms with van der Waals surface area (Å²) in [4.78, 5) is 39.4. The van der Waals surface area contributed by atoms with Crippen LogP contribution in [0.15, 0.2) is 18.2 Å². The van der Waals surface area contributed by atoms with Gasteiger partial charge in [-0.15, -0.1) is 0 Å². The lowest BCUT2D eigenvalue weighted by Gasteiger charge is -2.31. The number of carbonyl (C=O) groups excluding carboxylic acids is 3. The number of hydrogen-bond donors (Lipinski definition) is 1. The van der Waals surface area contributed by atoms with Gasteiger partial charge in [-0.1, -0.05) is 11.6 Å². The largest absolute Gasteiger partial charge is 0.465 e. The van der Waals surface area contributed by atoms with Crippen LogP contribution in [0.1, 0.15) is 10.4 Å². The highest BCUT2D eigenvalue weighted by molar-refractivity contribution is 6.41. The molecule has 1 N–H and O–H groups in total. The molecule has 7 nitrogen and oxygen atoms in total. The van der Waals surface area contributed by atoms with E-state index >= 15 is 0 Å². The third-order valence-corrected chi connectivity index (χ3v) is 3.95. The van der Waals surface area contributed by atoms with E-state index < -0.39 is 17.8 Å². The molecule has 1 aromatic carbocycles. The molecular weight excluding hydrogens is 322 g/mol. The molecule has 0 unspecified atom stereocenters. The topological polar surface area (TPSA) is 78.9 Å². The van der Waals surface area contributed by atoms with Gasteiger partial charge in [0, 0.05) is 26.2 Å². The number of hydrogen-bond acceptors (Lipinski definition) is 5. The molecule has 1 aliphatic rings. The van der Waals surface area contributed by atoms with Crippen LogP contribution in [0.4, 0.5) is 5.69 Å². The zero-order chi connectivity index (χ0) is 17.0. The average molecular weight is 340 g/mol. The van der Waals surface area contributed by atoms with Crippen LogP contribution in [-0.2, 0) is 14.3 Å². The van der Waals surface area contributed by atoms with Crippen LogP contribution < -0.4 is 5.32 Å². The minimum Gasteiger partial charge on any atom is -0.465 e. The van der Waals surface area contributed by atoms with Crippen molar-refractivity contribution in [3.63, 3.8) is 0 Å². The lowest BCUT2D eigenvalue weighted by atomic mass is 10.2. The number of anilines is 1. The van der Waals surface area contributed by atoms with Crippen LogP contribution in [0, 0.1) is 0 Å². The number of benzene rings is 1. The Labute approximate surface area is 139 Å². The molecule has 1 saturated heterocycles. The van der Waals surface area contributed by atoms with Gasteiger partial charge in [-0.2, -0.15) is 0 Å². The van der Waals surface area contributed by atoms with Gasteiger partial charge < -0.3 is 19.9 Å². The molecule has 1 heterocycles. The molecule has 1 aromatic rings. The van der Waals surface area contributed by atoms with Gasteiger partial charge in [-0.3, -0.25) is 9.59 Å². The summed E-state index contributed by atoms with van der Waals surface area (Å²) in [6, 6.07) is 4.32. The van der Waals surface area contributed by atoms with Crippen molar-refractivity contribution < 1.29 is 19.1 Å². The van der Waals surface area contributed by atoms with Gasteiger partial charge in [0.2, 0.25) is 0 Å². The second-order valence-corrected chi connectivity index (χ2v) is 5.64. The smallest absolute Gasteiger partial charge is 0.337 e. The van der Waals surface area contributed by atoms with Crippen LogP contribution in [0.25, 0.3) is 0 Å². The standard InChI is InChI=1S/C15H18ClN3O4/c1-18-5-7-19(8-6-18)14(21)13(20)17-12-9-10(15(22)23-2)3-4-11(12)16/h3-4,9H,5-8H2,1-2H3,(H,17,20). The molecule has 0 atom stereocenters. The molecule has 0 bridgehead atoms. The lowest BCUT2D eigenvalue weighted by molar-refractivity contribution is -0.144. The number of carbonyl (C=O) groups is 3. The van der Waals surface area contributed by atoms with E-state index in [0.717, 1.165) is 13.1 Å². The predicted octanol–water partition coefficient (Wildman–Crippen LogP) is 0.839. The van der Waals surface area contributed by atoms with E-state index in [1.165, 1.54) is 30.2 Å². The summed E-state index contributed by atoms with van der Waals surface area (Å²) >= 11 is 6.00. The Morgan fingerprint density at radius 2 is 1.83 bits per heavy atom. The fourth-order valence-corrected chi connectivity index (χ4v) is 2.36. The molecule has 1 fully saturated rings. The van der Waals surface area contributed by atoms with Crippen molar-refractivity contribution in [2.45, 2.75) is 0 Å². The van der Waals surface area contributed by atoms with Crippen molar-refractivity contribution in [2.75, 3.05) is 45.7 Å².